The molecule has 4 nitrogen and oxygen atoms in total. The fraction of sp³-hybridized carbons (Fsp3) is 0.308. The number of alkyl halides is 3. The van der Waals surface area contributed by atoms with Crippen LogP contribution >= 0.6 is 12.2 Å². The molecule has 2 aromatic rings. The van der Waals surface area contributed by atoms with E-state index in [1.807, 2.05) is 13.8 Å². The molecule has 2 N–H and O–H groups in total. The van der Waals surface area contributed by atoms with Gasteiger partial charge in [0.15, 0.2) is 5.82 Å². The highest BCUT2D eigenvalue weighted by molar-refractivity contribution is 7.80. The summed E-state index contributed by atoms with van der Waals surface area (Å²) < 4.78 is 39.6. The number of rotatable bonds is 3. The highest BCUT2D eigenvalue weighted by atomic mass is 32.1. The lowest BCUT2D eigenvalue weighted by Gasteiger charge is -2.11. The molecule has 0 radical (unpaired) electrons. The molecule has 2 rings (SSSR count). The minimum atomic E-state index is -4.54. The number of nitrogens with zero attached hydrogens (tertiary/aromatic N) is 3. The average molecular weight is 314 g/mol. The van der Waals surface area contributed by atoms with Gasteiger partial charge in [-0.25, -0.2) is 9.67 Å². The summed E-state index contributed by atoms with van der Waals surface area (Å²) >= 11 is 4.86. The van der Waals surface area contributed by atoms with E-state index >= 15 is 0 Å². The number of thiocarbonyl (C=S) groups is 1. The zero-order valence-electron chi connectivity index (χ0n) is 11.3. The standard InChI is InChI=1S/C13H13F3N4S/c1-7(2)9-5-6-20(19-9)12-8(11(17)21)3-4-10(18-12)13(14,15)16/h3-7H,1-2H3,(H2,17,21). The van der Waals surface area contributed by atoms with E-state index in [0.29, 0.717) is 0 Å². The lowest BCUT2D eigenvalue weighted by atomic mass is 10.1. The predicted molar refractivity (Wildman–Crippen MR) is 76.3 cm³/mol. The number of hydrogen-bond donors (Lipinski definition) is 1. The molecule has 0 fully saturated rings. The van der Waals surface area contributed by atoms with Crippen LogP contribution in [0.25, 0.3) is 5.82 Å². The second kappa shape index (κ2) is 5.44. The Labute approximate surface area is 124 Å². The van der Waals surface area contributed by atoms with Crippen molar-refractivity contribution in [3.63, 3.8) is 0 Å². The summed E-state index contributed by atoms with van der Waals surface area (Å²) in [5.74, 6) is 0.120. The van der Waals surface area contributed by atoms with E-state index in [2.05, 4.69) is 10.1 Å². The fourth-order valence-corrected chi connectivity index (χ4v) is 1.90. The van der Waals surface area contributed by atoms with Crippen LogP contribution in [0.5, 0.6) is 0 Å². The topological polar surface area (TPSA) is 56.7 Å². The Morgan fingerprint density at radius 2 is 1.95 bits per heavy atom. The van der Waals surface area contributed by atoms with E-state index in [4.69, 9.17) is 18.0 Å². The first-order chi connectivity index (χ1) is 9.70. The van der Waals surface area contributed by atoms with Crippen molar-refractivity contribution in [1.29, 1.82) is 0 Å². The highest BCUT2D eigenvalue weighted by Gasteiger charge is 2.33. The van der Waals surface area contributed by atoms with Gasteiger partial charge in [0.25, 0.3) is 0 Å². The van der Waals surface area contributed by atoms with Gasteiger partial charge in [-0.05, 0) is 24.1 Å². The number of aromatic nitrogens is 3. The van der Waals surface area contributed by atoms with Crippen LogP contribution in [0.1, 0.15) is 36.7 Å². The third-order valence-corrected chi connectivity index (χ3v) is 3.07. The van der Waals surface area contributed by atoms with Gasteiger partial charge in [0.05, 0.1) is 11.3 Å². The second-order valence-corrected chi connectivity index (χ2v) is 5.21. The van der Waals surface area contributed by atoms with Gasteiger partial charge in [0, 0.05) is 6.20 Å². The summed E-state index contributed by atoms with van der Waals surface area (Å²) in [4.78, 5) is 3.58. The Hall–Kier alpha value is -1.96. The molecule has 0 aliphatic heterocycles. The van der Waals surface area contributed by atoms with E-state index in [1.165, 1.54) is 10.7 Å². The van der Waals surface area contributed by atoms with Gasteiger partial charge in [0.1, 0.15) is 10.7 Å². The van der Waals surface area contributed by atoms with E-state index in [1.54, 1.807) is 12.3 Å². The van der Waals surface area contributed by atoms with Crippen LogP contribution in [0.2, 0.25) is 0 Å². The molecule has 0 unspecified atom stereocenters. The van der Waals surface area contributed by atoms with Crippen LogP contribution in [0, 0.1) is 0 Å². The van der Waals surface area contributed by atoms with Gasteiger partial charge in [-0.1, -0.05) is 26.1 Å². The second-order valence-electron chi connectivity index (χ2n) is 4.77. The molecule has 0 aliphatic rings. The molecule has 0 aromatic carbocycles. The maximum absolute atomic E-state index is 12.8. The average Bonchev–Trinajstić information content (AvgIpc) is 2.86. The first-order valence-electron chi connectivity index (χ1n) is 6.14. The first-order valence-corrected chi connectivity index (χ1v) is 6.55. The Morgan fingerprint density at radius 1 is 1.29 bits per heavy atom. The van der Waals surface area contributed by atoms with Crippen molar-refractivity contribution in [3.05, 3.63) is 41.3 Å². The molecule has 0 saturated heterocycles. The summed E-state index contributed by atoms with van der Waals surface area (Å²) in [5.41, 5.74) is 5.52. The third kappa shape index (κ3) is 3.21. The molecule has 0 amide bonds. The van der Waals surface area contributed by atoms with Crippen molar-refractivity contribution in [2.75, 3.05) is 0 Å². The van der Waals surface area contributed by atoms with Crippen molar-refractivity contribution in [2.45, 2.75) is 25.9 Å². The van der Waals surface area contributed by atoms with E-state index in [0.717, 1.165) is 11.8 Å². The van der Waals surface area contributed by atoms with Crippen LogP contribution in [-0.4, -0.2) is 19.8 Å². The zero-order valence-corrected chi connectivity index (χ0v) is 12.2. The molecule has 112 valence electrons. The minimum Gasteiger partial charge on any atom is -0.389 e. The first kappa shape index (κ1) is 15.4. The Bertz CT molecular complexity index is 676. The highest BCUT2D eigenvalue weighted by Crippen LogP contribution is 2.29. The summed E-state index contributed by atoms with van der Waals surface area (Å²) in [6.07, 6.45) is -3.00. The van der Waals surface area contributed by atoms with Crippen LogP contribution in [0.3, 0.4) is 0 Å². The van der Waals surface area contributed by atoms with E-state index in [-0.39, 0.29) is 22.3 Å². The molecular weight excluding hydrogens is 301 g/mol. The predicted octanol–water partition coefficient (Wildman–Crippen LogP) is 3.04. The van der Waals surface area contributed by atoms with Gasteiger partial charge in [-0.3, -0.25) is 0 Å². The molecule has 2 aromatic heterocycles. The lowest BCUT2D eigenvalue weighted by Crippen LogP contribution is -2.18. The Balaban J connectivity index is 2.60. The van der Waals surface area contributed by atoms with Gasteiger partial charge < -0.3 is 5.73 Å². The number of hydrogen-bond acceptors (Lipinski definition) is 3. The molecule has 21 heavy (non-hydrogen) atoms. The van der Waals surface area contributed by atoms with Crippen molar-refractivity contribution in [2.24, 2.45) is 5.73 Å². The molecule has 2 heterocycles. The Morgan fingerprint density at radius 3 is 2.43 bits per heavy atom. The largest absolute Gasteiger partial charge is 0.433 e. The third-order valence-electron chi connectivity index (χ3n) is 2.85. The van der Waals surface area contributed by atoms with Crippen LogP contribution in [0.4, 0.5) is 13.2 Å². The van der Waals surface area contributed by atoms with Gasteiger partial charge in [-0.2, -0.15) is 18.3 Å². The smallest absolute Gasteiger partial charge is 0.389 e. The molecule has 0 saturated carbocycles. The number of pyridine rings is 1. The SMILES string of the molecule is CC(C)c1ccn(-c2nc(C(F)(F)F)ccc2C(N)=S)n1. The molecular formula is C13H13F3N4S. The van der Waals surface area contributed by atoms with Crippen LogP contribution in [-0.2, 0) is 6.18 Å². The van der Waals surface area contributed by atoms with Crippen molar-refractivity contribution >= 4 is 17.2 Å². The van der Waals surface area contributed by atoms with Gasteiger partial charge in [0.2, 0.25) is 0 Å². The number of nitrogens with two attached hydrogens (primary N) is 1. The molecule has 0 atom stereocenters. The van der Waals surface area contributed by atoms with Gasteiger partial charge in [-0.15, -0.1) is 0 Å². The molecule has 0 bridgehead atoms. The van der Waals surface area contributed by atoms with Crippen molar-refractivity contribution in [3.8, 4) is 5.82 Å². The number of halogens is 3. The van der Waals surface area contributed by atoms with E-state index < -0.39 is 11.9 Å². The maximum atomic E-state index is 12.8. The normalized spacial score (nSPS) is 11.9. The van der Waals surface area contributed by atoms with Gasteiger partial charge >= 0.3 is 6.18 Å². The fourth-order valence-electron chi connectivity index (χ4n) is 1.74. The molecule has 0 aliphatic carbocycles. The monoisotopic (exact) mass is 314 g/mol. The summed E-state index contributed by atoms with van der Waals surface area (Å²) in [6, 6.07) is 3.78. The van der Waals surface area contributed by atoms with Crippen LogP contribution in [0.15, 0.2) is 24.4 Å². The van der Waals surface area contributed by atoms with E-state index in [9.17, 15) is 13.2 Å². The maximum Gasteiger partial charge on any atom is 0.433 e. The molecule has 8 heteroatoms. The van der Waals surface area contributed by atoms with Crippen molar-refractivity contribution in [1.82, 2.24) is 14.8 Å². The lowest BCUT2D eigenvalue weighted by molar-refractivity contribution is -0.141. The summed E-state index contributed by atoms with van der Waals surface area (Å²) in [7, 11) is 0. The zero-order chi connectivity index (χ0) is 15.8. The minimum absolute atomic E-state index is 0.0239. The van der Waals surface area contributed by atoms with Crippen molar-refractivity contribution < 1.29 is 13.2 Å². The molecule has 0 spiro atoms. The summed E-state index contributed by atoms with van der Waals surface area (Å²) in [6.45, 7) is 3.86. The van der Waals surface area contributed by atoms with Crippen LogP contribution < -0.4 is 5.73 Å². The summed E-state index contributed by atoms with van der Waals surface area (Å²) in [5, 5.41) is 4.22. The quantitative estimate of drug-likeness (QED) is 0.885. The Kier molecular flexibility index (Phi) is 3.99.